The van der Waals surface area contributed by atoms with Gasteiger partial charge in [0, 0.05) is 6.42 Å². The predicted octanol–water partition coefficient (Wildman–Crippen LogP) is 2.12. The zero-order chi connectivity index (χ0) is 12.8. The van der Waals surface area contributed by atoms with Gasteiger partial charge >= 0.3 is 0 Å². The summed E-state index contributed by atoms with van der Waals surface area (Å²) in [5, 5.41) is 7.10. The molecule has 2 aromatic rings. The molecule has 1 aromatic heterocycles. The van der Waals surface area contributed by atoms with E-state index in [2.05, 4.69) is 46.6 Å². The second-order valence-corrected chi connectivity index (χ2v) is 4.48. The molecule has 18 heavy (non-hydrogen) atoms. The molecule has 1 aromatic carbocycles. The molecule has 0 aliphatic rings. The van der Waals surface area contributed by atoms with Crippen LogP contribution in [0.3, 0.4) is 0 Å². The summed E-state index contributed by atoms with van der Waals surface area (Å²) in [5.74, 6) is 1.49. The molecule has 0 aliphatic carbocycles. The Morgan fingerprint density at radius 3 is 3.00 bits per heavy atom. The molecule has 4 heteroatoms. The molecule has 0 unspecified atom stereocenters. The molecule has 1 N–H and O–H groups in total. The van der Waals surface area contributed by atoms with Crippen molar-refractivity contribution < 1.29 is 4.52 Å². The van der Waals surface area contributed by atoms with Crippen LogP contribution in [-0.2, 0) is 12.8 Å². The molecule has 4 nitrogen and oxygen atoms in total. The van der Waals surface area contributed by atoms with Crippen molar-refractivity contribution in [1.29, 1.82) is 0 Å². The van der Waals surface area contributed by atoms with Crippen LogP contribution in [0.1, 0.15) is 29.3 Å². The first kappa shape index (κ1) is 12.8. The monoisotopic (exact) mass is 245 g/mol. The fraction of sp³-hybridized carbons (Fsp3) is 0.429. The van der Waals surface area contributed by atoms with Crippen LogP contribution in [0.4, 0.5) is 0 Å². The van der Waals surface area contributed by atoms with Crippen molar-refractivity contribution in [3.63, 3.8) is 0 Å². The quantitative estimate of drug-likeness (QED) is 0.792. The van der Waals surface area contributed by atoms with Crippen LogP contribution < -0.4 is 5.32 Å². The van der Waals surface area contributed by atoms with E-state index >= 15 is 0 Å². The number of hydrogen-bond donors (Lipinski definition) is 1. The Balaban J connectivity index is 1.94. The summed E-state index contributed by atoms with van der Waals surface area (Å²) in [6.07, 6.45) is 2.60. The smallest absolute Gasteiger partial charge is 0.231 e. The molecule has 0 spiro atoms. The molecule has 0 bridgehead atoms. The zero-order valence-electron chi connectivity index (χ0n) is 10.9. The SMILES string of the molecule is CNCCCc1noc(Cc2cccc(C)c2)n1. The van der Waals surface area contributed by atoms with E-state index in [0.29, 0.717) is 12.3 Å². The van der Waals surface area contributed by atoms with Gasteiger partial charge in [0.05, 0.1) is 6.42 Å². The molecule has 0 aliphatic heterocycles. The number of hydrogen-bond acceptors (Lipinski definition) is 4. The lowest BCUT2D eigenvalue weighted by Gasteiger charge is -1.97. The van der Waals surface area contributed by atoms with Gasteiger partial charge in [0.2, 0.25) is 5.89 Å². The molecule has 96 valence electrons. The highest BCUT2D eigenvalue weighted by Gasteiger charge is 2.06. The molecule has 0 fully saturated rings. The van der Waals surface area contributed by atoms with Gasteiger partial charge in [-0.05, 0) is 32.5 Å². The van der Waals surface area contributed by atoms with E-state index in [-0.39, 0.29) is 0 Å². The van der Waals surface area contributed by atoms with E-state index in [1.165, 1.54) is 11.1 Å². The summed E-state index contributed by atoms with van der Waals surface area (Å²) in [6, 6.07) is 8.36. The van der Waals surface area contributed by atoms with Crippen LogP contribution in [-0.4, -0.2) is 23.7 Å². The highest BCUT2D eigenvalue weighted by atomic mass is 16.5. The van der Waals surface area contributed by atoms with Crippen LogP contribution in [0, 0.1) is 6.92 Å². The van der Waals surface area contributed by atoms with Gasteiger partial charge in [-0.2, -0.15) is 4.98 Å². The minimum atomic E-state index is 0.694. The van der Waals surface area contributed by atoms with E-state index in [0.717, 1.165) is 25.2 Å². The lowest BCUT2D eigenvalue weighted by Crippen LogP contribution is -2.08. The van der Waals surface area contributed by atoms with E-state index in [1.54, 1.807) is 0 Å². The van der Waals surface area contributed by atoms with Crippen molar-refractivity contribution in [3.8, 4) is 0 Å². The largest absolute Gasteiger partial charge is 0.339 e. The minimum absolute atomic E-state index is 0.694. The van der Waals surface area contributed by atoms with Crippen molar-refractivity contribution in [2.75, 3.05) is 13.6 Å². The molecular weight excluding hydrogens is 226 g/mol. The van der Waals surface area contributed by atoms with Crippen LogP contribution >= 0.6 is 0 Å². The third-order valence-electron chi connectivity index (χ3n) is 2.78. The summed E-state index contributed by atoms with van der Waals surface area (Å²) in [4.78, 5) is 4.40. The number of aromatic nitrogens is 2. The van der Waals surface area contributed by atoms with Crippen molar-refractivity contribution in [1.82, 2.24) is 15.5 Å². The van der Waals surface area contributed by atoms with Gasteiger partial charge in [0.25, 0.3) is 0 Å². The summed E-state index contributed by atoms with van der Waals surface area (Å²) in [5.41, 5.74) is 2.46. The number of benzene rings is 1. The Morgan fingerprint density at radius 1 is 1.33 bits per heavy atom. The Morgan fingerprint density at radius 2 is 2.22 bits per heavy atom. The Kier molecular flexibility index (Phi) is 4.47. The fourth-order valence-electron chi connectivity index (χ4n) is 1.88. The predicted molar refractivity (Wildman–Crippen MR) is 70.5 cm³/mol. The van der Waals surface area contributed by atoms with Gasteiger partial charge in [0.1, 0.15) is 0 Å². The summed E-state index contributed by atoms with van der Waals surface area (Å²) < 4.78 is 5.26. The van der Waals surface area contributed by atoms with Gasteiger partial charge in [-0.15, -0.1) is 0 Å². The van der Waals surface area contributed by atoms with Gasteiger partial charge < -0.3 is 9.84 Å². The first-order valence-electron chi connectivity index (χ1n) is 6.29. The first-order valence-corrected chi connectivity index (χ1v) is 6.29. The van der Waals surface area contributed by atoms with E-state index in [9.17, 15) is 0 Å². The minimum Gasteiger partial charge on any atom is -0.339 e. The second kappa shape index (κ2) is 6.31. The van der Waals surface area contributed by atoms with Gasteiger partial charge in [-0.25, -0.2) is 0 Å². The lowest BCUT2D eigenvalue weighted by atomic mass is 10.1. The number of aryl methyl sites for hydroxylation is 2. The van der Waals surface area contributed by atoms with E-state index < -0.39 is 0 Å². The topological polar surface area (TPSA) is 51.0 Å². The standard InChI is InChI=1S/C14H19N3O/c1-11-5-3-6-12(9-11)10-14-16-13(17-18-14)7-4-8-15-2/h3,5-6,9,15H,4,7-8,10H2,1-2H3. The zero-order valence-corrected chi connectivity index (χ0v) is 10.9. The molecule has 0 radical (unpaired) electrons. The van der Waals surface area contributed by atoms with Crippen molar-refractivity contribution >= 4 is 0 Å². The van der Waals surface area contributed by atoms with Gasteiger partial charge in [0.15, 0.2) is 5.82 Å². The normalized spacial score (nSPS) is 10.8. The van der Waals surface area contributed by atoms with E-state index in [1.807, 2.05) is 7.05 Å². The average molecular weight is 245 g/mol. The number of rotatable bonds is 6. The second-order valence-electron chi connectivity index (χ2n) is 4.48. The lowest BCUT2D eigenvalue weighted by molar-refractivity contribution is 0.379. The summed E-state index contributed by atoms with van der Waals surface area (Å²) >= 11 is 0. The maximum Gasteiger partial charge on any atom is 0.231 e. The van der Waals surface area contributed by atoms with Gasteiger partial charge in [-0.3, -0.25) is 0 Å². The highest BCUT2D eigenvalue weighted by molar-refractivity contribution is 5.24. The third-order valence-corrected chi connectivity index (χ3v) is 2.78. The van der Waals surface area contributed by atoms with E-state index in [4.69, 9.17) is 4.52 Å². The van der Waals surface area contributed by atoms with Crippen LogP contribution in [0.25, 0.3) is 0 Å². The van der Waals surface area contributed by atoms with Gasteiger partial charge in [-0.1, -0.05) is 35.0 Å². The Labute approximate surface area is 107 Å². The molecule has 0 atom stereocenters. The van der Waals surface area contributed by atoms with Crippen molar-refractivity contribution in [2.24, 2.45) is 0 Å². The fourth-order valence-corrected chi connectivity index (χ4v) is 1.88. The average Bonchev–Trinajstić information content (AvgIpc) is 2.77. The molecular formula is C14H19N3O. The van der Waals surface area contributed by atoms with Crippen LogP contribution in [0.5, 0.6) is 0 Å². The van der Waals surface area contributed by atoms with Crippen LogP contribution in [0.15, 0.2) is 28.8 Å². The molecule has 0 saturated heterocycles. The Bertz CT molecular complexity index is 493. The first-order chi connectivity index (χ1) is 8.78. The van der Waals surface area contributed by atoms with Crippen molar-refractivity contribution in [3.05, 3.63) is 47.1 Å². The molecule has 2 rings (SSSR count). The molecule has 0 saturated carbocycles. The summed E-state index contributed by atoms with van der Waals surface area (Å²) in [7, 11) is 1.94. The maximum absolute atomic E-state index is 5.26. The summed E-state index contributed by atoms with van der Waals surface area (Å²) in [6.45, 7) is 3.06. The third kappa shape index (κ3) is 3.67. The number of nitrogens with zero attached hydrogens (tertiary/aromatic N) is 2. The molecule has 1 heterocycles. The maximum atomic E-state index is 5.26. The molecule has 0 amide bonds. The Hall–Kier alpha value is -1.68. The van der Waals surface area contributed by atoms with Crippen LogP contribution in [0.2, 0.25) is 0 Å². The van der Waals surface area contributed by atoms with Crippen molar-refractivity contribution in [2.45, 2.75) is 26.2 Å². The number of nitrogens with one attached hydrogen (secondary N) is 1. The highest BCUT2D eigenvalue weighted by Crippen LogP contribution is 2.10.